The van der Waals surface area contributed by atoms with Crippen LogP contribution in [0, 0.1) is 0 Å². The molecule has 2 aromatic heterocycles. The van der Waals surface area contributed by atoms with Gasteiger partial charge in [0.05, 0.1) is 5.69 Å². The number of rotatable bonds is 3. The van der Waals surface area contributed by atoms with E-state index in [2.05, 4.69) is 25.0 Å². The summed E-state index contributed by atoms with van der Waals surface area (Å²) in [4.78, 5) is 8.92. The number of nitrogens with two attached hydrogens (primary N) is 1. The summed E-state index contributed by atoms with van der Waals surface area (Å²) < 4.78 is 0. The Labute approximate surface area is 118 Å². The van der Waals surface area contributed by atoms with Crippen LogP contribution in [0.3, 0.4) is 0 Å². The molecule has 0 aliphatic carbocycles. The molecule has 3 rings (SSSR count). The Morgan fingerprint density at radius 2 is 1.65 bits per heavy atom. The summed E-state index contributed by atoms with van der Waals surface area (Å²) in [6, 6.07) is 9.94. The van der Waals surface area contributed by atoms with Crippen LogP contribution >= 0.6 is 0 Å². The van der Waals surface area contributed by atoms with Crippen molar-refractivity contribution in [2.24, 2.45) is 5.73 Å². The summed E-state index contributed by atoms with van der Waals surface area (Å²) in [5.74, 6) is 1.96. The first kappa shape index (κ1) is 12.8. The van der Waals surface area contributed by atoms with Crippen molar-refractivity contribution < 1.29 is 0 Å². The molecule has 20 heavy (non-hydrogen) atoms. The van der Waals surface area contributed by atoms with Crippen molar-refractivity contribution in [1.82, 2.24) is 15.2 Å². The van der Waals surface area contributed by atoms with Crippen molar-refractivity contribution >= 4 is 11.6 Å². The average molecular weight is 270 g/mol. The van der Waals surface area contributed by atoms with Gasteiger partial charge >= 0.3 is 0 Å². The van der Waals surface area contributed by atoms with Gasteiger partial charge in [0.15, 0.2) is 5.82 Å². The van der Waals surface area contributed by atoms with Crippen molar-refractivity contribution in [3.05, 3.63) is 42.2 Å². The zero-order valence-electron chi connectivity index (χ0n) is 11.3. The lowest BCUT2D eigenvalue weighted by atomic mass is 10.3. The number of anilines is 2. The largest absolute Gasteiger partial charge is 0.353 e. The molecular formula is C14H18N6. The summed E-state index contributed by atoms with van der Waals surface area (Å²) >= 11 is 0. The number of pyridine rings is 1. The molecular weight excluding hydrogens is 252 g/mol. The van der Waals surface area contributed by atoms with Crippen molar-refractivity contribution in [1.29, 1.82) is 0 Å². The molecule has 0 atom stereocenters. The van der Waals surface area contributed by atoms with Gasteiger partial charge in [0.2, 0.25) is 0 Å². The highest BCUT2D eigenvalue weighted by Crippen LogP contribution is 2.16. The quantitative estimate of drug-likeness (QED) is 0.883. The van der Waals surface area contributed by atoms with Gasteiger partial charge in [0.1, 0.15) is 5.82 Å². The van der Waals surface area contributed by atoms with Gasteiger partial charge in [-0.1, -0.05) is 6.07 Å². The van der Waals surface area contributed by atoms with Crippen LogP contribution < -0.4 is 15.5 Å². The summed E-state index contributed by atoms with van der Waals surface area (Å²) in [7, 11) is 0. The molecule has 0 aromatic carbocycles. The smallest absolute Gasteiger partial charge is 0.151 e. The number of nitrogens with zero attached hydrogens (tertiary/aromatic N) is 5. The van der Waals surface area contributed by atoms with Crippen LogP contribution in [0.15, 0.2) is 36.5 Å². The van der Waals surface area contributed by atoms with Gasteiger partial charge in [-0.05, 0) is 24.3 Å². The van der Waals surface area contributed by atoms with E-state index in [1.54, 1.807) is 0 Å². The second-order valence-corrected chi connectivity index (χ2v) is 4.75. The van der Waals surface area contributed by atoms with E-state index in [9.17, 15) is 0 Å². The monoisotopic (exact) mass is 270 g/mol. The van der Waals surface area contributed by atoms with Gasteiger partial charge in [-0.15, -0.1) is 5.10 Å². The standard InChI is InChI=1S/C14H18N6/c15-11-12-4-5-14(18-17-12)20-9-7-19(8-10-20)13-3-1-2-6-16-13/h1-6H,7-11,15H2. The molecule has 1 saturated heterocycles. The Bertz CT molecular complexity index is 533. The molecule has 6 heteroatoms. The molecule has 2 N–H and O–H groups in total. The van der Waals surface area contributed by atoms with Crippen LogP contribution in [0.2, 0.25) is 0 Å². The molecule has 1 fully saturated rings. The van der Waals surface area contributed by atoms with Gasteiger partial charge in [-0.3, -0.25) is 0 Å². The van der Waals surface area contributed by atoms with E-state index in [0.29, 0.717) is 6.54 Å². The maximum Gasteiger partial charge on any atom is 0.151 e. The maximum atomic E-state index is 5.53. The van der Waals surface area contributed by atoms with E-state index in [-0.39, 0.29) is 0 Å². The molecule has 0 radical (unpaired) electrons. The first-order valence-electron chi connectivity index (χ1n) is 6.80. The minimum atomic E-state index is 0.431. The average Bonchev–Trinajstić information content (AvgIpc) is 2.56. The van der Waals surface area contributed by atoms with Crippen LogP contribution in [-0.4, -0.2) is 41.4 Å². The van der Waals surface area contributed by atoms with Crippen LogP contribution in [0.25, 0.3) is 0 Å². The van der Waals surface area contributed by atoms with Crippen molar-refractivity contribution in [2.45, 2.75) is 6.54 Å². The lowest BCUT2D eigenvalue weighted by molar-refractivity contribution is 0.637. The fraction of sp³-hybridized carbons (Fsp3) is 0.357. The highest BCUT2D eigenvalue weighted by Gasteiger charge is 2.18. The second kappa shape index (κ2) is 5.83. The highest BCUT2D eigenvalue weighted by molar-refractivity contribution is 5.44. The predicted octanol–water partition coefficient (Wildman–Crippen LogP) is 0.657. The zero-order chi connectivity index (χ0) is 13.8. The fourth-order valence-corrected chi connectivity index (χ4v) is 2.34. The predicted molar refractivity (Wildman–Crippen MR) is 78.6 cm³/mol. The Balaban J connectivity index is 1.63. The number of hydrogen-bond donors (Lipinski definition) is 1. The Hall–Kier alpha value is -2.21. The van der Waals surface area contributed by atoms with E-state index in [1.165, 1.54) is 0 Å². The third kappa shape index (κ3) is 2.70. The number of aromatic nitrogens is 3. The zero-order valence-corrected chi connectivity index (χ0v) is 11.3. The van der Waals surface area contributed by atoms with Gasteiger partial charge in [-0.25, -0.2) is 4.98 Å². The molecule has 0 saturated carbocycles. The third-order valence-electron chi connectivity index (χ3n) is 3.49. The van der Waals surface area contributed by atoms with E-state index in [1.807, 2.05) is 36.5 Å². The maximum absolute atomic E-state index is 5.53. The lowest BCUT2D eigenvalue weighted by Gasteiger charge is -2.35. The molecule has 6 nitrogen and oxygen atoms in total. The van der Waals surface area contributed by atoms with Crippen molar-refractivity contribution in [2.75, 3.05) is 36.0 Å². The minimum absolute atomic E-state index is 0.431. The summed E-state index contributed by atoms with van der Waals surface area (Å²) in [5.41, 5.74) is 6.35. The van der Waals surface area contributed by atoms with E-state index >= 15 is 0 Å². The Kier molecular flexibility index (Phi) is 3.73. The van der Waals surface area contributed by atoms with E-state index in [0.717, 1.165) is 43.5 Å². The Morgan fingerprint density at radius 1 is 0.900 bits per heavy atom. The summed E-state index contributed by atoms with van der Waals surface area (Å²) in [6.45, 7) is 4.16. The Morgan fingerprint density at radius 3 is 2.20 bits per heavy atom. The number of piperazine rings is 1. The number of hydrogen-bond acceptors (Lipinski definition) is 6. The van der Waals surface area contributed by atoms with Gasteiger partial charge in [-0.2, -0.15) is 5.10 Å². The first-order chi connectivity index (χ1) is 9.86. The summed E-state index contributed by atoms with van der Waals surface area (Å²) in [6.07, 6.45) is 1.83. The fourth-order valence-electron chi connectivity index (χ4n) is 2.34. The molecule has 2 aromatic rings. The van der Waals surface area contributed by atoms with E-state index < -0.39 is 0 Å². The van der Waals surface area contributed by atoms with Crippen molar-refractivity contribution in [3.8, 4) is 0 Å². The minimum Gasteiger partial charge on any atom is -0.353 e. The molecule has 0 unspecified atom stereocenters. The van der Waals surface area contributed by atoms with Crippen LogP contribution in [0.5, 0.6) is 0 Å². The molecule has 1 aliphatic rings. The lowest BCUT2D eigenvalue weighted by Crippen LogP contribution is -2.47. The molecule has 1 aliphatic heterocycles. The summed E-state index contributed by atoms with van der Waals surface area (Å²) in [5, 5.41) is 8.34. The van der Waals surface area contributed by atoms with Crippen LogP contribution in [-0.2, 0) is 6.54 Å². The van der Waals surface area contributed by atoms with Gasteiger partial charge < -0.3 is 15.5 Å². The molecule has 104 valence electrons. The van der Waals surface area contributed by atoms with Crippen LogP contribution in [0.4, 0.5) is 11.6 Å². The first-order valence-corrected chi connectivity index (χ1v) is 6.80. The second-order valence-electron chi connectivity index (χ2n) is 4.75. The highest BCUT2D eigenvalue weighted by atomic mass is 15.3. The SMILES string of the molecule is NCc1ccc(N2CCN(c3ccccn3)CC2)nn1. The third-order valence-corrected chi connectivity index (χ3v) is 3.49. The molecule has 0 amide bonds. The van der Waals surface area contributed by atoms with Gasteiger partial charge in [0.25, 0.3) is 0 Å². The van der Waals surface area contributed by atoms with Crippen LogP contribution in [0.1, 0.15) is 5.69 Å². The molecule has 0 spiro atoms. The van der Waals surface area contributed by atoms with E-state index in [4.69, 9.17) is 5.73 Å². The normalized spacial score (nSPS) is 15.4. The van der Waals surface area contributed by atoms with Gasteiger partial charge in [0, 0.05) is 38.9 Å². The molecule has 0 bridgehead atoms. The molecule has 3 heterocycles. The topological polar surface area (TPSA) is 71.2 Å². The van der Waals surface area contributed by atoms with Crippen molar-refractivity contribution in [3.63, 3.8) is 0 Å².